The van der Waals surface area contributed by atoms with Gasteiger partial charge in [-0.25, -0.2) is 4.68 Å². The normalized spacial score (nSPS) is 14.6. The third-order valence-electron chi connectivity index (χ3n) is 3.26. The number of ether oxygens (including phenoxy) is 1. The van der Waals surface area contributed by atoms with Crippen LogP contribution in [0.1, 0.15) is 37.8 Å². The number of aromatic nitrogens is 2. The monoisotopic (exact) mass is 257 g/mol. The highest BCUT2D eigenvalue weighted by atomic mass is 16.5. The van der Waals surface area contributed by atoms with Gasteiger partial charge in [0.2, 0.25) is 0 Å². The van der Waals surface area contributed by atoms with Gasteiger partial charge in [-0.2, -0.15) is 5.10 Å². The molecule has 1 fully saturated rings. The zero-order valence-corrected chi connectivity index (χ0v) is 11.2. The van der Waals surface area contributed by atoms with Crippen molar-refractivity contribution >= 4 is 5.69 Å². The first-order valence-electron chi connectivity index (χ1n) is 6.85. The molecule has 3 rings (SSSR count). The Balaban J connectivity index is 1.87. The lowest BCUT2D eigenvalue weighted by molar-refractivity contribution is 0.317. The standard InChI is InChI=1S/C15H19N3O/c1-2-7-19-14-9-12(16)8-13(10-14)18-6-5-15(17-18)11-3-4-11/h5-6,8-11H,2-4,7,16H2,1H3. The second-order valence-electron chi connectivity index (χ2n) is 5.07. The Labute approximate surface area is 113 Å². The van der Waals surface area contributed by atoms with Gasteiger partial charge in [0.15, 0.2) is 0 Å². The van der Waals surface area contributed by atoms with Crippen LogP contribution in [0.5, 0.6) is 5.75 Å². The summed E-state index contributed by atoms with van der Waals surface area (Å²) in [7, 11) is 0. The predicted octanol–water partition coefficient (Wildman–Crippen LogP) is 3.12. The summed E-state index contributed by atoms with van der Waals surface area (Å²) in [6, 6.07) is 7.84. The molecule has 0 unspecified atom stereocenters. The Bertz CT molecular complexity index is 573. The first-order chi connectivity index (χ1) is 9.26. The fourth-order valence-corrected chi connectivity index (χ4v) is 2.12. The topological polar surface area (TPSA) is 53.1 Å². The molecule has 19 heavy (non-hydrogen) atoms. The number of hydrogen-bond acceptors (Lipinski definition) is 3. The van der Waals surface area contributed by atoms with Crippen molar-refractivity contribution in [3.05, 3.63) is 36.2 Å². The van der Waals surface area contributed by atoms with Crippen LogP contribution in [-0.4, -0.2) is 16.4 Å². The van der Waals surface area contributed by atoms with Crippen LogP contribution < -0.4 is 10.5 Å². The molecule has 1 aromatic carbocycles. The fraction of sp³-hybridized carbons (Fsp3) is 0.400. The predicted molar refractivity (Wildman–Crippen MR) is 75.7 cm³/mol. The van der Waals surface area contributed by atoms with Crippen LogP contribution in [0.2, 0.25) is 0 Å². The van der Waals surface area contributed by atoms with E-state index in [0.29, 0.717) is 18.2 Å². The van der Waals surface area contributed by atoms with Crippen molar-refractivity contribution in [1.29, 1.82) is 0 Å². The van der Waals surface area contributed by atoms with E-state index in [2.05, 4.69) is 18.1 Å². The number of nitrogen functional groups attached to an aromatic ring is 1. The fourth-order valence-electron chi connectivity index (χ4n) is 2.12. The van der Waals surface area contributed by atoms with Crippen molar-refractivity contribution in [2.24, 2.45) is 0 Å². The maximum atomic E-state index is 5.93. The van der Waals surface area contributed by atoms with Crippen molar-refractivity contribution in [3.63, 3.8) is 0 Å². The van der Waals surface area contributed by atoms with Crippen molar-refractivity contribution < 1.29 is 4.74 Å². The van der Waals surface area contributed by atoms with Crippen molar-refractivity contribution in [2.75, 3.05) is 12.3 Å². The molecule has 0 radical (unpaired) electrons. The highest BCUT2D eigenvalue weighted by molar-refractivity contribution is 5.53. The molecule has 4 nitrogen and oxygen atoms in total. The van der Waals surface area contributed by atoms with E-state index in [1.807, 2.05) is 29.1 Å². The van der Waals surface area contributed by atoms with Gasteiger partial charge in [0.25, 0.3) is 0 Å². The lowest BCUT2D eigenvalue weighted by Crippen LogP contribution is -2.01. The Kier molecular flexibility index (Phi) is 3.15. The molecule has 0 amide bonds. The Morgan fingerprint density at radius 1 is 1.37 bits per heavy atom. The number of benzene rings is 1. The lowest BCUT2D eigenvalue weighted by Gasteiger charge is -2.09. The summed E-state index contributed by atoms with van der Waals surface area (Å²) < 4.78 is 7.52. The summed E-state index contributed by atoms with van der Waals surface area (Å²) in [4.78, 5) is 0. The molecule has 1 aliphatic rings. The molecule has 0 spiro atoms. The van der Waals surface area contributed by atoms with Gasteiger partial charge in [-0.15, -0.1) is 0 Å². The SMILES string of the molecule is CCCOc1cc(N)cc(-n2ccc(C3CC3)n2)c1. The van der Waals surface area contributed by atoms with Crippen molar-refractivity contribution in [1.82, 2.24) is 9.78 Å². The van der Waals surface area contributed by atoms with Crippen LogP contribution in [0.4, 0.5) is 5.69 Å². The van der Waals surface area contributed by atoms with Crippen LogP contribution in [-0.2, 0) is 0 Å². The summed E-state index contributed by atoms with van der Waals surface area (Å²) in [5, 5.41) is 4.61. The lowest BCUT2D eigenvalue weighted by atomic mass is 10.2. The zero-order chi connectivity index (χ0) is 13.2. The number of hydrogen-bond donors (Lipinski definition) is 1. The van der Waals surface area contributed by atoms with E-state index in [-0.39, 0.29) is 0 Å². The minimum atomic E-state index is 0.665. The molecule has 2 aromatic rings. The number of rotatable bonds is 5. The van der Waals surface area contributed by atoms with Gasteiger partial charge in [-0.1, -0.05) is 6.92 Å². The first kappa shape index (κ1) is 12.1. The van der Waals surface area contributed by atoms with Crippen molar-refractivity contribution in [3.8, 4) is 11.4 Å². The van der Waals surface area contributed by atoms with E-state index in [1.54, 1.807) is 0 Å². The van der Waals surface area contributed by atoms with Gasteiger partial charge in [-0.3, -0.25) is 0 Å². The quantitative estimate of drug-likeness (QED) is 0.837. The molecule has 0 saturated heterocycles. The average molecular weight is 257 g/mol. The molecule has 1 aliphatic carbocycles. The third kappa shape index (κ3) is 2.72. The van der Waals surface area contributed by atoms with Crippen LogP contribution in [0.15, 0.2) is 30.5 Å². The summed E-state index contributed by atoms with van der Waals surface area (Å²) in [5.41, 5.74) is 8.76. The second-order valence-corrected chi connectivity index (χ2v) is 5.07. The van der Waals surface area contributed by atoms with Gasteiger partial charge < -0.3 is 10.5 Å². The Morgan fingerprint density at radius 2 is 2.21 bits per heavy atom. The minimum Gasteiger partial charge on any atom is -0.493 e. The van der Waals surface area contributed by atoms with Gasteiger partial charge in [0, 0.05) is 29.9 Å². The maximum Gasteiger partial charge on any atom is 0.123 e. The van der Waals surface area contributed by atoms with Crippen LogP contribution in [0, 0.1) is 0 Å². The molecule has 0 atom stereocenters. The van der Waals surface area contributed by atoms with Gasteiger partial charge in [0.05, 0.1) is 18.0 Å². The summed E-state index contributed by atoms with van der Waals surface area (Å²) in [6.45, 7) is 2.79. The maximum absolute atomic E-state index is 5.93. The summed E-state index contributed by atoms with van der Waals surface area (Å²) in [5.74, 6) is 1.47. The molecule has 1 heterocycles. The number of anilines is 1. The highest BCUT2D eigenvalue weighted by Gasteiger charge is 2.25. The second kappa shape index (κ2) is 4.96. The smallest absolute Gasteiger partial charge is 0.123 e. The van der Waals surface area contributed by atoms with Crippen LogP contribution in [0.25, 0.3) is 5.69 Å². The molecular formula is C15H19N3O. The van der Waals surface area contributed by atoms with Crippen LogP contribution in [0.3, 0.4) is 0 Å². The zero-order valence-electron chi connectivity index (χ0n) is 11.2. The molecule has 2 N–H and O–H groups in total. The summed E-state index contributed by atoms with van der Waals surface area (Å²) >= 11 is 0. The van der Waals surface area contributed by atoms with E-state index in [0.717, 1.165) is 17.9 Å². The average Bonchev–Trinajstić information content (AvgIpc) is 3.13. The van der Waals surface area contributed by atoms with E-state index < -0.39 is 0 Å². The Hall–Kier alpha value is -1.97. The number of nitrogens with zero attached hydrogens (tertiary/aromatic N) is 2. The third-order valence-corrected chi connectivity index (χ3v) is 3.26. The van der Waals surface area contributed by atoms with Crippen molar-refractivity contribution in [2.45, 2.75) is 32.1 Å². The van der Waals surface area contributed by atoms with Gasteiger partial charge >= 0.3 is 0 Å². The number of nitrogens with two attached hydrogens (primary N) is 1. The molecule has 100 valence electrons. The van der Waals surface area contributed by atoms with E-state index in [4.69, 9.17) is 10.5 Å². The van der Waals surface area contributed by atoms with Gasteiger partial charge in [0.1, 0.15) is 5.75 Å². The van der Waals surface area contributed by atoms with Crippen LogP contribution >= 0.6 is 0 Å². The molecule has 0 bridgehead atoms. The van der Waals surface area contributed by atoms with E-state index >= 15 is 0 Å². The molecule has 4 heteroatoms. The first-order valence-corrected chi connectivity index (χ1v) is 6.85. The van der Waals surface area contributed by atoms with E-state index in [1.165, 1.54) is 18.5 Å². The Morgan fingerprint density at radius 3 is 2.95 bits per heavy atom. The molecule has 0 aliphatic heterocycles. The minimum absolute atomic E-state index is 0.665. The molecular weight excluding hydrogens is 238 g/mol. The highest BCUT2D eigenvalue weighted by Crippen LogP contribution is 2.39. The largest absolute Gasteiger partial charge is 0.493 e. The molecule has 1 aromatic heterocycles. The van der Waals surface area contributed by atoms with E-state index in [9.17, 15) is 0 Å². The van der Waals surface area contributed by atoms with Gasteiger partial charge in [-0.05, 0) is 31.4 Å². The molecule has 1 saturated carbocycles. The summed E-state index contributed by atoms with van der Waals surface area (Å²) in [6.07, 6.45) is 5.50.